The van der Waals surface area contributed by atoms with Gasteiger partial charge in [-0.3, -0.25) is 0 Å². The molecular weight excluding hydrogens is 202 g/mol. The zero-order valence-corrected chi connectivity index (χ0v) is 13.1. The molecule has 0 saturated carbocycles. The second-order valence-corrected chi connectivity index (χ2v) is 7.36. The van der Waals surface area contributed by atoms with Gasteiger partial charge in [-0.2, -0.15) is 0 Å². The van der Waals surface area contributed by atoms with Crippen molar-refractivity contribution >= 4 is 15.7 Å². The number of allylic oxidation sites excluding steroid dienone is 2. The van der Waals surface area contributed by atoms with Crippen LogP contribution in [0.1, 0.15) is 66.7 Å². The highest BCUT2D eigenvalue weighted by molar-refractivity contribution is 6.40. The zero-order chi connectivity index (χ0) is 13.3. The molecule has 0 saturated heterocycles. The predicted octanol–water partition coefficient (Wildman–Crippen LogP) is 3.33. The molecule has 0 heterocycles. The van der Waals surface area contributed by atoms with Gasteiger partial charge in [0.2, 0.25) is 0 Å². The van der Waals surface area contributed by atoms with E-state index in [1.165, 1.54) is 32.1 Å². The van der Waals surface area contributed by atoms with Gasteiger partial charge in [0.15, 0.2) is 0 Å². The van der Waals surface area contributed by atoms with Crippen LogP contribution in [0.2, 0.25) is 5.21 Å². The van der Waals surface area contributed by atoms with E-state index < -0.39 is 0 Å². The number of rotatable bonds is 4. The van der Waals surface area contributed by atoms with Gasteiger partial charge in [-0.25, -0.2) is 0 Å². The summed E-state index contributed by atoms with van der Waals surface area (Å²) in [4.78, 5) is 0. The Bertz CT molecular complexity index is 300. The fourth-order valence-corrected chi connectivity index (χ4v) is 3.37. The molecule has 0 bridgehead atoms. The maximum Gasteiger partial charge on any atom is 0.100 e. The van der Waals surface area contributed by atoms with Crippen molar-refractivity contribution in [1.82, 2.24) is 0 Å². The fourth-order valence-electron chi connectivity index (χ4n) is 3.37. The van der Waals surface area contributed by atoms with Gasteiger partial charge in [0.1, 0.15) is 15.7 Å². The molecule has 0 radical (unpaired) electrons. The van der Waals surface area contributed by atoms with Gasteiger partial charge in [0.25, 0.3) is 0 Å². The van der Waals surface area contributed by atoms with Crippen molar-refractivity contribution in [3.8, 4) is 0 Å². The molecule has 0 aromatic carbocycles. The van der Waals surface area contributed by atoms with Crippen LogP contribution in [0.15, 0.2) is 11.1 Å². The average Bonchev–Trinajstić information content (AvgIpc) is 2.21. The highest BCUT2D eigenvalue weighted by Crippen LogP contribution is 2.53. The summed E-state index contributed by atoms with van der Waals surface area (Å²) >= 11 is 0. The second-order valence-electron chi connectivity index (χ2n) is 7.36. The molecule has 0 aromatic rings. The first-order chi connectivity index (χ1) is 7.72. The Morgan fingerprint density at radius 2 is 1.76 bits per heavy atom. The van der Waals surface area contributed by atoms with Crippen molar-refractivity contribution in [2.24, 2.45) is 11.3 Å². The minimum Gasteiger partial charge on any atom is -0.0766 e. The maximum atomic E-state index is 2.50. The lowest BCUT2D eigenvalue weighted by molar-refractivity contribution is 0.200. The molecule has 17 heavy (non-hydrogen) atoms. The third-order valence-corrected chi connectivity index (χ3v) is 5.79. The van der Waals surface area contributed by atoms with E-state index in [9.17, 15) is 0 Å². The van der Waals surface area contributed by atoms with E-state index in [4.69, 9.17) is 0 Å². The molecule has 1 atom stereocenters. The summed E-state index contributed by atoms with van der Waals surface area (Å²) < 4.78 is 0. The lowest BCUT2D eigenvalue weighted by Crippen LogP contribution is -2.39. The maximum absolute atomic E-state index is 2.50. The molecular formula is C15H30B2. The van der Waals surface area contributed by atoms with Crippen molar-refractivity contribution in [2.45, 2.75) is 71.9 Å². The van der Waals surface area contributed by atoms with Crippen molar-refractivity contribution < 1.29 is 0 Å². The molecule has 1 rings (SSSR count). The van der Waals surface area contributed by atoms with Crippen LogP contribution in [0.3, 0.4) is 0 Å². The molecule has 1 aliphatic carbocycles. The van der Waals surface area contributed by atoms with Crippen LogP contribution in [-0.2, 0) is 0 Å². The van der Waals surface area contributed by atoms with E-state index >= 15 is 0 Å². The third kappa shape index (κ3) is 3.01. The average molecular weight is 232 g/mol. The summed E-state index contributed by atoms with van der Waals surface area (Å²) in [5.74, 6) is 0.868. The van der Waals surface area contributed by atoms with Crippen LogP contribution >= 0.6 is 0 Å². The SMILES string of the molecule is BC(B)(C1CCC(C)=C(C)C1)C(C)(C)CCC. The van der Waals surface area contributed by atoms with Crippen LogP contribution < -0.4 is 0 Å². The van der Waals surface area contributed by atoms with Crippen LogP contribution in [0.25, 0.3) is 0 Å². The van der Waals surface area contributed by atoms with Gasteiger partial charge in [-0.05, 0) is 50.9 Å². The lowest BCUT2D eigenvalue weighted by atomic mass is 9.36. The molecule has 1 aliphatic rings. The Morgan fingerprint density at radius 1 is 1.18 bits per heavy atom. The van der Waals surface area contributed by atoms with Gasteiger partial charge >= 0.3 is 0 Å². The van der Waals surface area contributed by atoms with E-state index in [0.29, 0.717) is 10.6 Å². The van der Waals surface area contributed by atoms with Crippen molar-refractivity contribution in [3.63, 3.8) is 0 Å². The molecule has 96 valence electrons. The molecule has 1 unspecified atom stereocenters. The summed E-state index contributed by atoms with van der Waals surface area (Å²) in [7, 11) is 5.00. The molecule has 0 aliphatic heterocycles. The summed E-state index contributed by atoms with van der Waals surface area (Å²) in [5, 5.41) is 0.449. The zero-order valence-electron chi connectivity index (χ0n) is 13.1. The topological polar surface area (TPSA) is 0 Å². The molecule has 0 nitrogen and oxygen atoms in total. The highest BCUT2D eigenvalue weighted by atomic mass is 14.4. The van der Waals surface area contributed by atoms with Gasteiger partial charge < -0.3 is 0 Å². The minimum atomic E-state index is 0.449. The van der Waals surface area contributed by atoms with E-state index in [-0.39, 0.29) is 0 Å². The number of hydrogen-bond donors (Lipinski definition) is 0. The standard InChI is InChI=1S/C15H30B2/c1-6-9-14(4,5)15(16,17)13-8-7-11(2)12(3)10-13/h13H,6-10,16-17H2,1-5H3. The smallest absolute Gasteiger partial charge is 0.0766 e. The molecule has 0 amide bonds. The van der Waals surface area contributed by atoms with Gasteiger partial charge in [0.05, 0.1) is 0 Å². The molecule has 2 heteroatoms. The Hall–Kier alpha value is -0.130. The van der Waals surface area contributed by atoms with Gasteiger partial charge in [-0.1, -0.05) is 43.6 Å². The Kier molecular flexibility index (Phi) is 4.60. The second kappa shape index (κ2) is 5.24. The first kappa shape index (κ1) is 14.9. The molecule has 0 N–H and O–H groups in total. The monoisotopic (exact) mass is 232 g/mol. The quantitative estimate of drug-likeness (QED) is 0.515. The Morgan fingerprint density at radius 3 is 2.24 bits per heavy atom. The van der Waals surface area contributed by atoms with Crippen molar-refractivity contribution in [1.29, 1.82) is 0 Å². The highest BCUT2D eigenvalue weighted by Gasteiger charge is 2.42. The van der Waals surface area contributed by atoms with Crippen molar-refractivity contribution in [3.05, 3.63) is 11.1 Å². The van der Waals surface area contributed by atoms with Crippen LogP contribution in [0, 0.1) is 11.3 Å². The first-order valence-electron chi connectivity index (χ1n) is 7.37. The summed E-state index contributed by atoms with van der Waals surface area (Å²) in [5.41, 5.74) is 3.75. The lowest BCUT2D eigenvalue weighted by Gasteiger charge is -2.49. The number of hydrogen-bond acceptors (Lipinski definition) is 0. The van der Waals surface area contributed by atoms with E-state index in [1.807, 2.05) is 0 Å². The van der Waals surface area contributed by atoms with Gasteiger partial charge in [0, 0.05) is 0 Å². The van der Waals surface area contributed by atoms with E-state index in [1.54, 1.807) is 11.1 Å². The first-order valence-corrected chi connectivity index (χ1v) is 7.37. The van der Waals surface area contributed by atoms with Crippen LogP contribution in [-0.4, -0.2) is 15.7 Å². The largest absolute Gasteiger partial charge is 0.100 e. The van der Waals surface area contributed by atoms with Crippen LogP contribution in [0.5, 0.6) is 0 Å². The summed E-state index contributed by atoms with van der Waals surface area (Å²) in [6, 6.07) is 0. The van der Waals surface area contributed by atoms with Gasteiger partial charge in [-0.15, -0.1) is 0 Å². The van der Waals surface area contributed by atoms with Crippen molar-refractivity contribution in [2.75, 3.05) is 0 Å². The Balaban J connectivity index is 2.85. The summed E-state index contributed by atoms with van der Waals surface area (Å²) in [6.07, 6.45) is 6.69. The molecule has 0 spiro atoms. The fraction of sp³-hybridized carbons (Fsp3) is 0.867. The Labute approximate surface area is 110 Å². The normalized spacial score (nSPS) is 23.0. The van der Waals surface area contributed by atoms with E-state index in [0.717, 1.165) is 5.92 Å². The van der Waals surface area contributed by atoms with E-state index in [2.05, 4.69) is 50.3 Å². The third-order valence-electron chi connectivity index (χ3n) is 5.79. The van der Waals surface area contributed by atoms with Crippen LogP contribution in [0.4, 0.5) is 0 Å². The summed E-state index contributed by atoms with van der Waals surface area (Å²) in [6.45, 7) is 11.9. The molecule has 0 fully saturated rings. The molecule has 0 aromatic heterocycles. The minimum absolute atomic E-state index is 0.449. The predicted molar refractivity (Wildman–Crippen MR) is 84.2 cm³/mol.